The van der Waals surface area contributed by atoms with E-state index in [2.05, 4.69) is 25.3 Å². The molecular formula is C19H26N2O2. The van der Waals surface area contributed by atoms with Crippen LogP contribution in [0.2, 0.25) is 0 Å². The minimum atomic E-state index is -0.418. The number of phenols is 1. The van der Waals surface area contributed by atoms with Crippen molar-refractivity contribution in [1.29, 1.82) is 0 Å². The molecule has 0 saturated heterocycles. The molecular weight excluding hydrogens is 288 g/mol. The second kappa shape index (κ2) is 6.90. The second-order valence-electron chi connectivity index (χ2n) is 6.38. The molecule has 0 bridgehead atoms. The first-order chi connectivity index (χ1) is 10.9. The predicted molar refractivity (Wildman–Crippen MR) is 93.6 cm³/mol. The minimum absolute atomic E-state index is 0.188. The summed E-state index contributed by atoms with van der Waals surface area (Å²) < 4.78 is 2.21. The molecule has 0 aliphatic heterocycles. The zero-order valence-electron chi connectivity index (χ0n) is 14.4. The molecule has 2 rings (SSSR count). The second-order valence-corrected chi connectivity index (χ2v) is 6.38. The number of aromatic hydroxyl groups is 1. The first-order valence-electron chi connectivity index (χ1n) is 8.17. The van der Waals surface area contributed by atoms with Crippen molar-refractivity contribution in [2.45, 2.75) is 47.1 Å². The topological polar surface area (TPSA) is 68.2 Å². The van der Waals surface area contributed by atoms with Crippen LogP contribution in [-0.4, -0.2) is 15.6 Å². The molecule has 0 saturated carbocycles. The normalized spacial score (nSPS) is 11.2. The molecule has 0 fully saturated rings. The van der Waals surface area contributed by atoms with Crippen molar-refractivity contribution in [2.24, 2.45) is 11.7 Å². The number of hydrogen-bond acceptors (Lipinski definition) is 2. The summed E-state index contributed by atoms with van der Waals surface area (Å²) in [7, 11) is 0. The Labute approximate surface area is 137 Å². The fourth-order valence-electron chi connectivity index (χ4n) is 3.13. The Morgan fingerprint density at radius 2 is 2.04 bits per heavy atom. The van der Waals surface area contributed by atoms with Gasteiger partial charge in [-0.1, -0.05) is 32.9 Å². The summed E-state index contributed by atoms with van der Waals surface area (Å²) >= 11 is 0. The molecule has 0 aliphatic rings. The Morgan fingerprint density at radius 3 is 2.57 bits per heavy atom. The summed E-state index contributed by atoms with van der Waals surface area (Å²) in [6.07, 6.45) is 1.84. The molecule has 1 amide bonds. The number of nitrogens with two attached hydrogens (primary N) is 1. The molecule has 0 radical (unpaired) electrons. The third-order valence-electron chi connectivity index (χ3n) is 4.28. The summed E-state index contributed by atoms with van der Waals surface area (Å²) in [4.78, 5) is 12.1. The highest BCUT2D eigenvalue weighted by atomic mass is 16.3. The number of rotatable bonds is 6. The Bertz CT molecular complexity index is 714. The van der Waals surface area contributed by atoms with Crippen LogP contribution in [0.25, 0.3) is 11.1 Å². The van der Waals surface area contributed by atoms with Crippen LogP contribution in [0.4, 0.5) is 0 Å². The quantitative estimate of drug-likeness (QED) is 0.849. The van der Waals surface area contributed by atoms with Crippen LogP contribution in [0.15, 0.2) is 24.3 Å². The number of phenolic OH excluding ortho intramolecular Hbond substituents is 1. The van der Waals surface area contributed by atoms with E-state index in [1.807, 2.05) is 13.0 Å². The van der Waals surface area contributed by atoms with Crippen LogP contribution in [-0.2, 0) is 13.0 Å². The van der Waals surface area contributed by atoms with E-state index in [-0.39, 0.29) is 5.75 Å². The van der Waals surface area contributed by atoms with Gasteiger partial charge in [-0.3, -0.25) is 4.79 Å². The predicted octanol–water partition coefficient (Wildman–Crippen LogP) is 3.88. The lowest BCUT2D eigenvalue weighted by Gasteiger charge is -2.13. The van der Waals surface area contributed by atoms with Crippen LogP contribution in [0.3, 0.4) is 0 Å². The van der Waals surface area contributed by atoms with Crippen molar-refractivity contribution < 1.29 is 9.90 Å². The maximum Gasteiger partial charge on any atom is 0.251 e. The monoisotopic (exact) mass is 314 g/mol. The third kappa shape index (κ3) is 3.41. The molecule has 0 atom stereocenters. The Hall–Kier alpha value is -2.23. The van der Waals surface area contributed by atoms with Gasteiger partial charge >= 0.3 is 0 Å². The zero-order valence-corrected chi connectivity index (χ0v) is 14.4. The van der Waals surface area contributed by atoms with Crippen molar-refractivity contribution >= 4 is 5.91 Å². The molecule has 1 heterocycles. The SMILES string of the molecule is CCc1c(-c2cccc(O)c2)c(C(N)=O)c(C)n1CCC(C)C. The Balaban J connectivity index is 2.68. The number of nitrogens with zero attached hydrogens (tertiary/aromatic N) is 1. The molecule has 4 nitrogen and oxygen atoms in total. The lowest BCUT2D eigenvalue weighted by molar-refractivity contribution is 0.1000. The Kier molecular flexibility index (Phi) is 5.14. The highest BCUT2D eigenvalue weighted by Crippen LogP contribution is 2.34. The summed E-state index contributed by atoms with van der Waals surface area (Å²) in [5, 5.41) is 9.80. The first kappa shape index (κ1) is 17.1. The molecule has 0 aliphatic carbocycles. The van der Waals surface area contributed by atoms with Gasteiger partial charge in [0.15, 0.2) is 0 Å². The van der Waals surface area contributed by atoms with E-state index < -0.39 is 5.91 Å². The van der Waals surface area contributed by atoms with Gasteiger partial charge in [0.1, 0.15) is 5.75 Å². The molecule has 2 aromatic rings. The molecule has 1 aromatic heterocycles. The fraction of sp³-hybridized carbons (Fsp3) is 0.421. The van der Waals surface area contributed by atoms with E-state index in [0.29, 0.717) is 11.5 Å². The van der Waals surface area contributed by atoms with Crippen LogP contribution >= 0.6 is 0 Å². The van der Waals surface area contributed by atoms with E-state index in [0.717, 1.165) is 41.9 Å². The molecule has 23 heavy (non-hydrogen) atoms. The minimum Gasteiger partial charge on any atom is -0.508 e. The number of carbonyl (C=O) groups excluding carboxylic acids is 1. The fourth-order valence-corrected chi connectivity index (χ4v) is 3.13. The summed E-state index contributed by atoms with van der Waals surface area (Å²) in [6, 6.07) is 7.01. The van der Waals surface area contributed by atoms with Crippen LogP contribution in [0.5, 0.6) is 5.75 Å². The van der Waals surface area contributed by atoms with E-state index in [1.54, 1.807) is 18.2 Å². The van der Waals surface area contributed by atoms with Gasteiger partial charge < -0.3 is 15.4 Å². The van der Waals surface area contributed by atoms with E-state index in [9.17, 15) is 9.90 Å². The van der Waals surface area contributed by atoms with Crippen LogP contribution < -0.4 is 5.73 Å². The third-order valence-corrected chi connectivity index (χ3v) is 4.28. The summed E-state index contributed by atoms with van der Waals surface area (Å²) in [6.45, 7) is 9.28. The van der Waals surface area contributed by atoms with Crippen molar-refractivity contribution in [3.8, 4) is 16.9 Å². The highest BCUT2D eigenvalue weighted by molar-refractivity contribution is 6.02. The number of benzene rings is 1. The van der Waals surface area contributed by atoms with Gasteiger partial charge in [0, 0.05) is 23.5 Å². The summed E-state index contributed by atoms with van der Waals surface area (Å²) in [5.41, 5.74) is 9.94. The maximum absolute atomic E-state index is 12.1. The van der Waals surface area contributed by atoms with Crippen molar-refractivity contribution in [1.82, 2.24) is 4.57 Å². The lowest BCUT2D eigenvalue weighted by atomic mass is 9.98. The van der Waals surface area contributed by atoms with Crippen LogP contribution in [0.1, 0.15) is 48.9 Å². The van der Waals surface area contributed by atoms with Crippen molar-refractivity contribution in [3.05, 3.63) is 41.2 Å². The molecule has 4 heteroatoms. The Morgan fingerprint density at radius 1 is 1.35 bits per heavy atom. The van der Waals surface area contributed by atoms with E-state index in [1.165, 1.54) is 0 Å². The maximum atomic E-state index is 12.1. The highest BCUT2D eigenvalue weighted by Gasteiger charge is 2.24. The van der Waals surface area contributed by atoms with Gasteiger partial charge in [-0.2, -0.15) is 0 Å². The average Bonchev–Trinajstić information content (AvgIpc) is 2.77. The lowest BCUT2D eigenvalue weighted by Crippen LogP contribution is -2.13. The van der Waals surface area contributed by atoms with Gasteiger partial charge in [0.2, 0.25) is 0 Å². The first-order valence-corrected chi connectivity index (χ1v) is 8.17. The van der Waals surface area contributed by atoms with E-state index >= 15 is 0 Å². The molecule has 3 N–H and O–H groups in total. The van der Waals surface area contributed by atoms with Gasteiger partial charge in [0.05, 0.1) is 5.56 Å². The molecule has 1 aromatic carbocycles. The standard InChI is InChI=1S/C19H26N2O2/c1-5-16-18(14-7-6-8-15(22)11-14)17(19(20)23)13(4)21(16)10-9-12(2)3/h6-8,11-12,22H,5,9-10H2,1-4H3,(H2,20,23). The van der Waals surface area contributed by atoms with Gasteiger partial charge in [0.25, 0.3) is 5.91 Å². The van der Waals surface area contributed by atoms with Gasteiger partial charge in [-0.15, -0.1) is 0 Å². The molecule has 0 unspecified atom stereocenters. The number of hydrogen-bond donors (Lipinski definition) is 2. The van der Waals surface area contributed by atoms with Gasteiger partial charge in [-0.05, 0) is 43.4 Å². The number of primary amides is 1. The van der Waals surface area contributed by atoms with Gasteiger partial charge in [-0.25, -0.2) is 0 Å². The van der Waals surface area contributed by atoms with Crippen molar-refractivity contribution in [3.63, 3.8) is 0 Å². The zero-order chi connectivity index (χ0) is 17.1. The number of aromatic nitrogens is 1. The van der Waals surface area contributed by atoms with Crippen LogP contribution in [0, 0.1) is 12.8 Å². The smallest absolute Gasteiger partial charge is 0.251 e. The molecule has 124 valence electrons. The summed E-state index contributed by atoms with van der Waals surface area (Å²) in [5.74, 6) is 0.356. The van der Waals surface area contributed by atoms with Crippen molar-refractivity contribution in [2.75, 3.05) is 0 Å². The van der Waals surface area contributed by atoms with E-state index in [4.69, 9.17) is 5.73 Å². The molecule has 0 spiro atoms. The number of carbonyl (C=O) groups is 1. The number of amides is 1. The average molecular weight is 314 g/mol. The largest absolute Gasteiger partial charge is 0.508 e.